The Hall–Kier alpha value is -2.21. The topological polar surface area (TPSA) is 57.6 Å². The van der Waals surface area contributed by atoms with Crippen LogP contribution in [0.15, 0.2) is 36.4 Å². The number of carboxylic acid groups (broad SMARTS) is 1. The number of halogens is 1. The largest absolute Gasteiger partial charge is 0.480 e. The number of amides is 1. The molecule has 1 heterocycles. The summed E-state index contributed by atoms with van der Waals surface area (Å²) in [6.45, 7) is -0.271. The van der Waals surface area contributed by atoms with Crippen LogP contribution in [0.3, 0.4) is 0 Å². The summed E-state index contributed by atoms with van der Waals surface area (Å²) in [5.41, 5.74) is 0.835. The number of nitrogens with zero attached hydrogens (tertiary/aromatic N) is 1. The number of hydrogen-bond donors (Lipinski definition) is 1. The van der Waals surface area contributed by atoms with Gasteiger partial charge in [-0.3, -0.25) is 9.59 Å². The van der Waals surface area contributed by atoms with Crippen LogP contribution < -0.4 is 0 Å². The first-order valence-corrected chi connectivity index (χ1v) is 7.75. The fourth-order valence-corrected chi connectivity index (χ4v) is 3.23. The molecule has 2 aromatic rings. The second-order valence-corrected chi connectivity index (χ2v) is 6.31. The molecule has 1 saturated carbocycles. The molecule has 1 N–H and O–H groups in total. The number of rotatable bonds is 5. The first kappa shape index (κ1) is 14.7. The molecule has 1 aliphatic carbocycles. The Morgan fingerprint density at radius 2 is 1.86 bits per heavy atom. The summed E-state index contributed by atoms with van der Waals surface area (Å²) in [6, 6.07) is 9.60. The summed E-state index contributed by atoms with van der Waals surface area (Å²) in [6.07, 6.45) is 1.71. The van der Waals surface area contributed by atoms with Crippen LogP contribution in [0.1, 0.15) is 22.5 Å². The zero-order valence-corrected chi connectivity index (χ0v) is 12.5. The van der Waals surface area contributed by atoms with Gasteiger partial charge in [0.15, 0.2) is 0 Å². The van der Waals surface area contributed by atoms with Crippen LogP contribution in [0.4, 0.5) is 4.39 Å². The summed E-state index contributed by atoms with van der Waals surface area (Å²) < 4.78 is 12.9. The Balaban J connectivity index is 1.81. The van der Waals surface area contributed by atoms with E-state index in [2.05, 4.69) is 0 Å². The summed E-state index contributed by atoms with van der Waals surface area (Å²) in [5.74, 6) is -1.56. The van der Waals surface area contributed by atoms with Crippen LogP contribution in [-0.2, 0) is 4.79 Å². The van der Waals surface area contributed by atoms with Gasteiger partial charge in [-0.15, -0.1) is 11.3 Å². The Morgan fingerprint density at radius 3 is 2.45 bits per heavy atom. The SMILES string of the molecule is O=C(O)CN(C(=O)c1ccc(-c2ccc(F)cc2)s1)C1CC1. The molecule has 1 aromatic carbocycles. The number of carbonyl (C=O) groups excluding carboxylic acids is 1. The minimum atomic E-state index is -1.00. The van der Waals surface area contributed by atoms with Gasteiger partial charge in [0.1, 0.15) is 12.4 Å². The first-order valence-electron chi connectivity index (χ1n) is 6.93. The fraction of sp³-hybridized carbons (Fsp3) is 0.250. The van der Waals surface area contributed by atoms with Gasteiger partial charge in [-0.2, -0.15) is 0 Å². The zero-order valence-electron chi connectivity index (χ0n) is 11.7. The van der Waals surface area contributed by atoms with E-state index in [4.69, 9.17) is 5.11 Å². The van der Waals surface area contributed by atoms with Crippen LogP contribution in [0, 0.1) is 5.82 Å². The lowest BCUT2D eigenvalue weighted by molar-refractivity contribution is -0.137. The Labute approximate surface area is 130 Å². The molecule has 0 spiro atoms. The summed E-state index contributed by atoms with van der Waals surface area (Å²) in [7, 11) is 0. The monoisotopic (exact) mass is 319 g/mol. The molecule has 1 aliphatic rings. The molecule has 114 valence electrons. The van der Waals surface area contributed by atoms with Crippen molar-refractivity contribution in [2.24, 2.45) is 0 Å². The van der Waals surface area contributed by atoms with E-state index < -0.39 is 5.97 Å². The van der Waals surface area contributed by atoms with Crippen molar-refractivity contribution in [1.29, 1.82) is 0 Å². The number of aliphatic carboxylic acids is 1. The van der Waals surface area contributed by atoms with Gasteiger partial charge < -0.3 is 10.0 Å². The fourth-order valence-electron chi connectivity index (χ4n) is 2.26. The van der Waals surface area contributed by atoms with E-state index in [1.807, 2.05) is 0 Å². The molecule has 0 atom stereocenters. The molecule has 0 unspecified atom stereocenters. The van der Waals surface area contributed by atoms with Gasteiger partial charge in [0.2, 0.25) is 0 Å². The lowest BCUT2D eigenvalue weighted by Crippen LogP contribution is -2.37. The van der Waals surface area contributed by atoms with Gasteiger partial charge >= 0.3 is 5.97 Å². The maximum absolute atomic E-state index is 12.9. The van der Waals surface area contributed by atoms with Gasteiger partial charge in [0, 0.05) is 10.9 Å². The summed E-state index contributed by atoms with van der Waals surface area (Å²) in [5, 5.41) is 8.94. The maximum Gasteiger partial charge on any atom is 0.323 e. The molecule has 0 aliphatic heterocycles. The van der Waals surface area contributed by atoms with Crippen LogP contribution >= 0.6 is 11.3 Å². The molecule has 3 rings (SSSR count). The summed E-state index contributed by atoms with van der Waals surface area (Å²) in [4.78, 5) is 26.2. The van der Waals surface area contributed by atoms with E-state index in [9.17, 15) is 14.0 Å². The normalized spacial score (nSPS) is 13.9. The number of benzene rings is 1. The van der Waals surface area contributed by atoms with Gasteiger partial charge in [-0.05, 0) is 42.7 Å². The smallest absolute Gasteiger partial charge is 0.323 e. The average molecular weight is 319 g/mol. The molecule has 1 amide bonds. The van der Waals surface area contributed by atoms with Crippen LogP contribution in [0.25, 0.3) is 10.4 Å². The minimum Gasteiger partial charge on any atom is -0.480 e. The molecule has 0 bridgehead atoms. The van der Waals surface area contributed by atoms with Crippen molar-refractivity contribution in [2.75, 3.05) is 6.54 Å². The first-order chi connectivity index (χ1) is 10.5. The predicted octanol–water partition coefficient (Wildman–Crippen LogP) is 3.24. The molecule has 1 aromatic heterocycles. The third kappa shape index (κ3) is 3.17. The second kappa shape index (κ2) is 5.88. The highest BCUT2D eigenvalue weighted by atomic mass is 32.1. The van der Waals surface area contributed by atoms with Crippen LogP contribution in [-0.4, -0.2) is 34.5 Å². The number of carbonyl (C=O) groups is 2. The summed E-state index contributed by atoms with van der Waals surface area (Å²) >= 11 is 1.29. The van der Waals surface area contributed by atoms with Crippen molar-refractivity contribution in [1.82, 2.24) is 4.90 Å². The van der Waals surface area contributed by atoms with E-state index in [0.29, 0.717) is 4.88 Å². The predicted molar refractivity (Wildman–Crippen MR) is 81.4 cm³/mol. The van der Waals surface area contributed by atoms with Gasteiger partial charge in [0.05, 0.1) is 4.88 Å². The van der Waals surface area contributed by atoms with Gasteiger partial charge in [-0.1, -0.05) is 12.1 Å². The van der Waals surface area contributed by atoms with E-state index in [-0.39, 0.29) is 24.3 Å². The molecular weight excluding hydrogens is 305 g/mol. The Bertz CT molecular complexity index is 706. The van der Waals surface area contributed by atoms with Crippen molar-refractivity contribution in [3.05, 3.63) is 47.1 Å². The molecular formula is C16H14FNO3S. The highest BCUT2D eigenvalue weighted by Crippen LogP contribution is 2.32. The Kier molecular flexibility index (Phi) is 3.94. The van der Waals surface area contributed by atoms with Gasteiger partial charge in [-0.25, -0.2) is 4.39 Å². The molecule has 0 radical (unpaired) electrons. The number of hydrogen-bond acceptors (Lipinski definition) is 3. The van der Waals surface area contributed by atoms with Crippen molar-refractivity contribution < 1.29 is 19.1 Å². The van der Waals surface area contributed by atoms with Crippen LogP contribution in [0.2, 0.25) is 0 Å². The van der Waals surface area contributed by atoms with Crippen molar-refractivity contribution in [3.63, 3.8) is 0 Å². The molecule has 1 fully saturated rings. The third-order valence-electron chi connectivity index (χ3n) is 3.50. The quantitative estimate of drug-likeness (QED) is 0.920. The Morgan fingerprint density at radius 1 is 1.18 bits per heavy atom. The maximum atomic E-state index is 12.9. The number of thiophene rings is 1. The standard InChI is InChI=1S/C16H14FNO3S/c17-11-3-1-10(2-4-11)13-7-8-14(22-13)16(21)18(9-15(19)20)12-5-6-12/h1-4,7-8,12H,5-6,9H2,(H,19,20). The molecule has 6 heteroatoms. The highest BCUT2D eigenvalue weighted by Gasteiger charge is 2.34. The average Bonchev–Trinajstić information content (AvgIpc) is 3.21. The van der Waals surface area contributed by atoms with E-state index in [0.717, 1.165) is 23.3 Å². The highest BCUT2D eigenvalue weighted by molar-refractivity contribution is 7.17. The second-order valence-electron chi connectivity index (χ2n) is 5.23. The lowest BCUT2D eigenvalue weighted by atomic mass is 10.2. The lowest BCUT2D eigenvalue weighted by Gasteiger charge is -2.19. The van der Waals surface area contributed by atoms with E-state index >= 15 is 0 Å². The van der Waals surface area contributed by atoms with E-state index in [1.165, 1.54) is 28.4 Å². The third-order valence-corrected chi connectivity index (χ3v) is 4.62. The molecule has 4 nitrogen and oxygen atoms in total. The molecule has 0 saturated heterocycles. The number of carboxylic acids is 1. The van der Waals surface area contributed by atoms with Crippen molar-refractivity contribution in [2.45, 2.75) is 18.9 Å². The van der Waals surface area contributed by atoms with Gasteiger partial charge in [0.25, 0.3) is 5.91 Å². The minimum absolute atomic E-state index is 0.0416. The van der Waals surface area contributed by atoms with E-state index in [1.54, 1.807) is 24.3 Å². The van der Waals surface area contributed by atoms with Crippen molar-refractivity contribution in [3.8, 4) is 10.4 Å². The molecule has 22 heavy (non-hydrogen) atoms. The van der Waals surface area contributed by atoms with Crippen LogP contribution in [0.5, 0.6) is 0 Å². The van der Waals surface area contributed by atoms with Crippen molar-refractivity contribution >= 4 is 23.2 Å². The zero-order chi connectivity index (χ0) is 15.7.